The third kappa shape index (κ3) is 3.06. The Hall–Kier alpha value is -1.91. The van der Waals surface area contributed by atoms with Gasteiger partial charge in [0.15, 0.2) is 0 Å². The monoisotopic (exact) mass is 250 g/mol. The Labute approximate surface area is 107 Å². The van der Waals surface area contributed by atoms with Crippen LogP contribution < -0.4 is 4.90 Å². The molecule has 0 spiro atoms. The van der Waals surface area contributed by atoms with E-state index in [0.29, 0.717) is 12.1 Å². The smallest absolute Gasteiger partial charge is 0.292 e. The maximum Gasteiger partial charge on any atom is 0.292 e. The predicted molar refractivity (Wildman–Crippen MR) is 70.8 cm³/mol. The molecule has 0 N–H and O–H groups in total. The highest BCUT2D eigenvalue weighted by atomic mass is 16.6. The van der Waals surface area contributed by atoms with Crippen LogP contribution in [0.3, 0.4) is 0 Å². The van der Waals surface area contributed by atoms with Crippen LogP contribution in [0.2, 0.25) is 0 Å². The fourth-order valence-electron chi connectivity index (χ4n) is 1.73. The Balaban J connectivity index is 3.18. The molecule has 0 aromatic heterocycles. The first-order chi connectivity index (χ1) is 8.51. The van der Waals surface area contributed by atoms with Gasteiger partial charge in [0.25, 0.3) is 5.69 Å². The summed E-state index contributed by atoms with van der Waals surface area (Å²) in [4.78, 5) is 23.7. The van der Waals surface area contributed by atoms with Crippen molar-refractivity contribution in [1.82, 2.24) is 0 Å². The normalized spacial score (nSPS) is 10.2. The van der Waals surface area contributed by atoms with E-state index >= 15 is 0 Å². The second kappa shape index (κ2) is 6.14. The molecule has 0 bridgehead atoms. The van der Waals surface area contributed by atoms with E-state index in [1.165, 1.54) is 11.0 Å². The van der Waals surface area contributed by atoms with Crippen LogP contribution in [0, 0.1) is 10.1 Å². The number of carbonyl (C=O) groups excluding carboxylic acids is 1. The zero-order valence-electron chi connectivity index (χ0n) is 11.0. The van der Waals surface area contributed by atoms with Crippen molar-refractivity contribution in [3.63, 3.8) is 0 Å². The molecule has 0 fully saturated rings. The number of rotatable bonds is 5. The van der Waals surface area contributed by atoms with E-state index in [4.69, 9.17) is 0 Å². The van der Waals surface area contributed by atoms with Crippen LogP contribution in [0.5, 0.6) is 0 Å². The lowest BCUT2D eigenvalue weighted by molar-refractivity contribution is -0.384. The van der Waals surface area contributed by atoms with Crippen molar-refractivity contribution in [3.8, 4) is 0 Å². The first-order valence-corrected chi connectivity index (χ1v) is 6.05. The summed E-state index contributed by atoms with van der Waals surface area (Å²) < 4.78 is 0. The molecule has 18 heavy (non-hydrogen) atoms. The van der Waals surface area contributed by atoms with Crippen LogP contribution in [0.4, 0.5) is 11.4 Å². The second-order valence-electron chi connectivity index (χ2n) is 4.14. The first kappa shape index (κ1) is 14.2. The molecule has 0 aliphatic rings. The number of hydrogen-bond donors (Lipinski definition) is 0. The van der Waals surface area contributed by atoms with E-state index in [2.05, 4.69) is 0 Å². The highest BCUT2D eigenvalue weighted by Crippen LogP contribution is 2.29. The van der Waals surface area contributed by atoms with Gasteiger partial charge in [-0.3, -0.25) is 14.9 Å². The Morgan fingerprint density at radius 3 is 2.56 bits per heavy atom. The molecule has 0 saturated carbocycles. The molecule has 0 aliphatic carbocycles. The van der Waals surface area contributed by atoms with E-state index in [9.17, 15) is 14.9 Å². The number of benzene rings is 1. The minimum Gasteiger partial charge on any atom is -0.310 e. The zero-order valence-corrected chi connectivity index (χ0v) is 11.0. The van der Waals surface area contributed by atoms with Crippen molar-refractivity contribution in [2.24, 2.45) is 0 Å². The number of nitrogens with zero attached hydrogens (tertiary/aromatic N) is 2. The van der Waals surface area contributed by atoms with Crippen LogP contribution in [-0.4, -0.2) is 17.9 Å². The quantitative estimate of drug-likeness (QED) is 0.596. The summed E-state index contributed by atoms with van der Waals surface area (Å²) in [5.74, 6) is -0.103. The van der Waals surface area contributed by atoms with Crippen molar-refractivity contribution in [2.45, 2.75) is 33.1 Å². The van der Waals surface area contributed by atoms with Crippen LogP contribution in [0.15, 0.2) is 18.2 Å². The Morgan fingerprint density at radius 2 is 2.06 bits per heavy atom. The van der Waals surface area contributed by atoms with Crippen molar-refractivity contribution < 1.29 is 9.72 Å². The maximum atomic E-state index is 11.8. The lowest BCUT2D eigenvalue weighted by Crippen LogP contribution is -2.26. The number of nitro groups is 1. The molecule has 5 nitrogen and oxygen atoms in total. The number of anilines is 1. The molecule has 0 aliphatic heterocycles. The zero-order chi connectivity index (χ0) is 13.7. The largest absolute Gasteiger partial charge is 0.310 e. The molecule has 0 atom stereocenters. The van der Waals surface area contributed by atoms with E-state index in [-0.39, 0.29) is 11.6 Å². The fourth-order valence-corrected chi connectivity index (χ4v) is 1.73. The molecule has 1 amide bonds. The van der Waals surface area contributed by atoms with Gasteiger partial charge in [-0.25, -0.2) is 0 Å². The lowest BCUT2D eigenvalue weighted by Gasteiger charge is -2.17. The van der Waals surface area contributed by atoms with Crippen LogP contribution in [-0.2, 0) is 11.2 Å². The minimum absolute atomic E-state index is 0.0286. The molecule has 5 heteroatoms. The summed E-state index contributed by atoms with van der Waals surface area (Å²) in [6.07, 6.45) is 1.90. The van der Waals surface area contributed by atoms with Crippen LogP contribution in [0.25, 0.3) is 0 Å². The molecule has 1 aromatic rings. The Morgan fingerprint density at radius 1 is 1.39 bits per heavy atom. The number of amides is 1. The summed E-state index contributed by atoms with van der Waals surface area (Å²) in [6.45, 7) is 3.88. The number of nitro benzene ring substituents is 1. The summed E-state index contributed by atoms with van der Waals surface area (Å²) >= 11 is 0. The number of hydrogen-bond acceptors (Lipinski definition) is 3. The molecule has 98 valence electrons. The van der Waals surface area contributed by atoms with Gasteiger partial charge >= 0.3 is 0 Å². The van der Waals surface area contributed by atoms with Gasteiger partial charge in [0.05, 0.1) is 4.92 Å². The van der Waals surface area contributed by atoms with Gasteiger partial charge in [0.2, 0.25) is 5.91 Å². The van der Waals surface area contributed by atoms with Gasteiger partial charge in [-0.15, -0.1) is 0 Å². The van der Waals surface area contributed by atoms with Crippen molar-refractivity contribution in [1.29, 1.82) is 0 Å². The predicted octanol–water partition coefficient (Wildman–Crippen LogP) is 2.92. The molecule has 0 heterocycles. The van der Waals surface area contributed by atoms with Gasteiger partial charge < -0.3 is 4.90 Å². The Bertz CT molecular complexity index is 458. The summed E-state index contributed by atoms with van der Waals surface area (Å²) in [6, 6.07) is 4.90. The number of carbonyl (C=O) groups is 1. The van der Waals surface area contributed by atoms with E-state index in [1.54, 1.807) is 19.2 Å². The van der Waals surface area contributed by atoms with Crippen LogP contribution in [0.1, 0.15) is 32.3 Å². The summed E-state index contributed by atoms with van der Waals surface area (Å²) in [7, 11) is 1.58. The molecule has 1 rings (SSSR count). The third-order valence-electron chi connectivity index (χ3n) is 2.84. The first-order valence-electron chi connectivity index (χ1n) is 6.05. The highest BCUT2D eigenvalue weighted by molar-refractivity contribution is 5.95. The third-order valence-corrected chi connectivity index (χ3v) is 2.84. The molecule has 0 radical (unpaired) electrons. The maximum absolute atomic E-state index is 11.8. The molecule has 0 saturated heterocycles. The summed E-state index contributed by atoms with van der Waals surface area (Å²) in [5, 5.41) is 11.0. The van der Waals surface area contributed by atoms with E-state index in [1.807, 2.05) is 13.8 Å². The standard InChI is InChI=1S/C13H18N2O3/c1-4-6-13(16)14(3)12-9-10(5-2)7-8-11(12)15(17)18/h7-9H,4-6H2,1-3H3. The lowest BCUT2D eigenvalue weighted by atomic mass is 10.1. The van der Waals surface area contributed by atoms with Crippen molar-refractivity contribution in [2.75, 3.05) is 11.9 Å². The molecule has 0 unspecified atom stereocenters. The SMILES string of the molecule is CCCC(=O)N(C)c1cc(CC)ccc1[N+](=O)[O-]. The van der Waals surface area contributed by atoms with Gasteiger partial charge in [-0.2, -0.15) is 0 Å². The number of aryl methyl sites for hydroxylation is 1. The van der Waals surface area contributed by atoms with Crippen molar-refractivity contribution in [3.05, 3.63) is 33.9 Å². The average molecular weight is 250 g/mol. The van der Waals surface area contributed by atoms with Gasteiger partial charge in [-0.1, -0.05) is 19.9 Å². The highest BCUT2D eigenvalue weighted by Gasteiger charge is 2.20. The van der Waals surface area contributed by atoms with Crippen LogP contribution >= 0.6 is 0 Å². The second-order valence-corrected chi connectivity index (χ2v) is 4.14. The molecular weight excluding hydrogens is 232 g/mol. The van der Waals surface area contributed by atoms with Crippen molar-refractivity contribution >= 4 is 17.3 Å². The van der Waals surface area contributed by atoms with Gasteiger partial charge in [0, 0.05) is 19.5 Å². The van der Waals surface area contributed by atoms with E-state index in [0.717, 1.165) is 18.4 Å². The minimum atomic E-state index is -0.454. The topological polar surface area (TPSA) is 63.5 Å². The fraction of sp³-hybridized carbons (Fsp3) is 0.462. The van der Waals surface area contributed by atoms with Gasteiger partial charge in [0.1, 0.15) is 5.69 Å². The molecular formula is C13H18N2O3. The Kier molecular flexibility index (Phi) is 4.83. The molecule has 1 aromatic carbocycles. The van der Waals surface area contributed by atoms with E-state index < -0.39 is 4.92 Å². The average Bonchev–Trinajstić information content (AvgIpc) is 2.37. The van der Waals surface area contributed by atoms with Gasteiger partial charge in [-0.05, 0) is 24.5 Å². The summed E-state index contributed by atoms with van der Waals surface area (Å²) in [5.41, 5.74) is 1.32.